The second kappa shape index (κ2) is 5.82. The fraction of sp³-hybridized carbons (Fsp3) is 0.133. The van der Waals surface area contributed by atoms with Gasteiger partial charge in [0.05, 0.1) is 10.7 Å². The molecule has 1 atom stereocenters. The Morgan fingerprint density at radius 2 is 1.95 bits per heavy atom. The summed E-state index contributed by atoms with van der Waals surface area (Å²) in [6.07, 6.45) is -0.816. The van der Waals surface area contributed by atoms with Crippen LogP contribution >= 0.6 is 34.2 Å². The van der Waals surface area contributed by atoms with Gasteiger partial charge in [-0.25, -0.2) is 0 Å². The van der Waals surface area contributed by atoms with E-state index in [0.717, 1.165) is 3.57 Å². The van der Waals surface area contributed by atoms with Gasteiger partial charge in [-0.2, -0.15) is 0 Å². The number of nitrogens with one attached hydrogen (secondary N) is 1. The molecule has 1 unspecified atom stereocenters. The molecule has 0 radical (unpaired) electrons. The highest BCUT2D eigenvalue weighted by atomic mass is 127. The van der Waals surface area contributed by atoms with E-state index < -0.39 is 6.10 Å². The van der Waals surface area contributed by atoms with Gasteiger partial charge in [-0.3, -0.25) is 4.79 Å². The number of rotatable bonds is 2. The van der Waals surface area contributed by atoms with Crippen LogP contribution in [0.3, 0.4) is 0 Å². The van der Waals surface area contributed by atoms with Crippen molar-refractivity contribution in [2.24, 2.45) is 0 Å². The van der Waals surface area contributed by atoms with Crippen LogP contribution in [0.2, 0.25) is 5.02 Å². The highest BCUT2D eigenvalue weighted by Crippen LogP contribution is 2.33. The first-order valence-electron chi connectivity index (χ1n) is 6.24. The van der Waals surface area contributed by atoms with Crippen molar-refractivity contribution in [1.82, 2.24) is 0 Å². The van der Waals surface area contributed by atoms with Gasteiger partial charge >= 0.3 is 0 Å². The molecule has 0 aliphatic carbocycles. The zero-order chi connectivity index (χ0) is 15.0. The van der Waals surface area contributed by atoms with Gasteiger partial charge in [-0.15, -0.1) is 0 Å². The Morgan fingerprint density at radius 3 is 2.71 bits per heavy atom. The highest BCUT2D eigenvalue weighted by Gasteiger charge is 2.19. The van der Waals surface area contributed by atoms with Crippen molar-refractivity contribution in [2.45, 2.75) is 6.10 Å². The second-order valence-corrected chi connectivity index (χ2v) is 6.24. The molecular weight excluding hydrogens is 405 g/mol. The maximum absolute atomic E-state index is 11.3. The summed E-state index contributed by atoms with van der Waals surface area (Å²) in [4.78, 5) is 11.3. The van der Waals surface area contributed by atoms with Crippen molar-refractivity contribution in [1.29, 1.82) is 0 Å². The average molecular weight is 416 g/mol. The molecule has 1 amide bonds. The molecule has 4 nitrogen and oxygen atoms in total. The monoisotopic (exact) mass is 415 g/mol. The zero-order valence-electron chi connectivity index (χ0n) is 10.8. The molecule has 1 aliphatic heterocycles. The van der Waals surface area contributed by atoms with Gasteiger partial charge in [0, 0.05) is 3.57 Å². The molecule has 6 heteroatoms. The number of fused-ring (bicyclic) bond motifs is 1. The van der Waals surface area contributed by atoms with E-state index in [1.807, 2.05) is 12.1 Å². The van der Waals surface area contributed by atoms with Gasteiger partial charge in [0.2, 0.25) is 0 Å². The van der Waals surface area contributed by atoms with Crippen LogP contribution in [0.25, 0.3) is 0 Å². The number of carbonyl (C=O) groups is 1. The number of aliphatic hydroxyl groups excluding tert-OH is 1. The second-order valence-electron chi connectivity index (χ2n) is 4.67. The number of hydrogen-bond acceptors (Lipinski definition) is 3. The van der Waals surface area contributed by atoms with E-state index in [2.05, 4.69) is 27.9 Å². The molecule has 21 heavy (non-hydrogen) atoms. The summed E-state index contributed by atoms with van der Waals surface area (Å²) >= 11 is 8.22. The fourth-order valence-corrected chi connectivity index (χ4v) is 2.67. The Balaban J connectivity index is 1.94. The normalized spacial score (nSPS) is 14.9. The third kappa shape index (κ3) is 3.00. The number of benzene rings is 2. The number of amides is 1. The summed E-state index contributed by atoms with van der Waals surface area (Å²) < 4.78 is 6.22. The number of carbonyl (C=O) groups excluding carboxylic acids is 1. The van der Waals surface area contributed by atoms with Crippen LogP contribution in [0.1, 0.15) is 17.2 Å². The maximum atomic E-state index is 11.3. The smallest absolute Gasteiger partial charge is 0.262 e. The summed E-state index contributed by atoms with van der Waals surface area (Å²) in [6, 6.07) is 10.6. The Kier molecular flexibility index (Phi) is 4.05. The molecule has 2 aromatic rings. The summed E-state index contributed by atoms with van der Waals surface area (Å²) in [5.74, 6) is 0.401. The minimum atomic E-state index is -0.816. The number of halogens is 2. The Bertz CT molecular complexity index is 720. The number of aliphatic hydroxyl groups is 1. The van der Waals surface area contributed by atoms with Gasteiger partial charge in [0.25, 0.3) is 5.91 Å². The molecule has 0 bridgehead atoms. The van der Waals surface area contributed by atoms with Crippen molar-refractivity contribution in [3.8, 4) is 5.75 Å². The largest absolute Gasteiger partial charge is 0.482 e. The lowest BCUT2D eigenvalue weighted by Crippen LogP contribution is -2.25. The lowest BCUT2D eigenvalue weighted by atomic mass is 10.0. The molecule has 0 fully saturated rings. The maximum Gasteiger partial charge on any atom is 0.262 e. The van der Waals surface area contributed by atoms with Crippen LogP contribution in [-0.4, -0.2) is 17.6 Å². The highest BCUT2D eigenvalue weighted by molar-refractivity contribution is 14.1. The molecule has 2 N–H and O–H groups in total. The van der Waals surface area contributed by atoms with Crippen LogP contribution in [0.4, 0.5) is 5.69 Å². The van der Waals surface area contributed by atoms with E-state index in [4.69, 9.17) is 16.3 Å². The van der Waals surface area contributed by atoms with E-state index >= 15 is 0 Å². The quantitative estimate of drug-likeness (QED) is 0.740. The van der Waals surface area contributed by atoms with Crippen LogP contribution in [-0.2, 0) is 4.79 Å². The third-order valence-electron chi connectivity index (χ3n) is 3.21. The average Bonchev–Trinajstić information content (AvgIpc) is 2.48. The fourth-order valence-electron chi connectivity index (χ4n) is 2.15. The molecule has 1 heterocycles. The molecule has 2 aromatic carbocycles. The lowest BCUT2D eigenvalue weighted by molar-refractivity contribution is -0.118. The molecule has 0 saturated carbocycles. The minimum absolute atomic E-state index is 0.0155. The van der Waals surface area contributed by atoms with Gasteiger partial charge in [-0.1, -0.05) is 23.7 Å². The van der Waals surface area contributed by atoms with Crippen LogP contribution in [0.5, 0.6) is 5.75 Å². The van der Waals surface area contributed by atoms with Crippen LogP contribution in [0.15, 0.2) is 36.4 Å². The first-order chi connectivity index (χ1) is 10.0. The van der Waals surface area contributed by atoms with Crippen molar-refractivity contribution in [3.63, 3.8) is 0 Å². The summed E-state index contributed by atoms with van der Waals surface area (Å²) in [7, 11) is 0. The predicted molar refractivity (Wildman–Crippen MR) is 88.8 cm³/mol. The summed E-state index contributed by atoms with van der Waals surface area (Å²) in [5, 5.41) is 13.8. The standard InChI is InChI=1S/C15H11ClINO3/c16-10-5-8(1-3-11(10)17)15(20)9-2-4-13-12(6-9)18-14(19)7-21-13/h1-6,15,20H,7H2,(H,18,19). The van der Waals surface area contributed by atoms with Crippen molar-refractivity contribution >= 4 is 45.8 Å². The molecule has 108 valence electrons. The van der Waals surface area contributed by atoms with Gasteiger partial charge in [-0.05, 0) is 58.0 Å². The van der Waals surface area contributed by atoms with Crippen LogP contribution in [0, 0.1) is 3.57 Å². The van der Waals surface area contributed by atoms with Crippen molar-refractivity contribution in [2.75, 3.05) is 11.9 Å². The Morgan fingerprint density at radius 1 is 1.24 bits per heavy atom. The van der Waals surface area contributed by atoms with E-state index in [-0.39, 0.29) is 12.5 Å². The zero-order valence-corrected chi connectivity index (χ0v) is 13.7. The van der Waals surface area contributed by atoms with Gasteiger partial charge < -0.3 is 15.2 Å². The topological polar surface area (TPSA) is 58.6 Å². The minimum Gasteiger partial charge on any atom is -0.482 e. The summed E-state index contributed by atoms with van der Waals surface area (Å²) in [6.45, 7) is 0.0155. The SMILES string of the molecule is O=C1COc2ccc(C(O)c3ccc(I)c(Cl)c3)cc2N1. The van der Waals surface area contributed by atoms with Gasteiger partial charge in [0.1, 0.15) is 11.9 Å². The summed E-state index contributed by atoms with van der Waals surface area (Å²) in [5.41, 5.74) is 1.93. The van der Waals surface area contributed by atoms with Crippen LogP contribution < -0.4 is 10.1 Å². The Labute approximate surface area is 140 Å². The first kappa shape index (κ1) is 14.6. The van der Waals surface area contributed by atoms with E-state index in [0.29, 0.717) is 27.6 Å². The third-order valence-corrected chi connectivity index (χ3v) is 4.78. The van der Waals surface area contributed by atoms with Crippen molar-refractivity contribution < 1.29 is 14.6 Å². The van der Waals surface area contributed by atoms with E-state index in [9.17, 15) is 9.90 Å². The van der Waals surface area contributed by atoms with Crippen molar-refractivity contribution in [3.05, 3.63) is 56.1 Å². The molecule has 0 aromatic heterocycles. The number of anilines is 1. The molecule has 3 rings (SSSR count). The predicted octanol–water partition coefficient (Wildman–Crippen LogP) is 3.36. The van der Waals surface area contributed by atoms with Gasteiger partial charge in [0.15, 0.2) is 6.61 Å². The van der Waals surface area contributed by atoms with E-state index in [1.165, 1.54) is 0 Å². The molecule has 1 aliphatic rings. The number of hydrogen-bond donors (Lipinski definition) is 2. The number of ether oxygens (including phenoxy) is 1. The Hall–Kier alpha value is -1.31. The van der Waals surface area contributed by atoms with E-state index in [1.54, 1.807) is 24.3 Å². The molecular formula is C15H11ClINO3. The molecule has 0 saturated heterocycles. The molecule has 0 spiro atoms. The first-order valence-corrected chi connectivity index (χ1v) is 7.70. The lowest BCUT2D eigenvalue weighted by Gasteiger charge is -2.20.